The summed E-state index contributed by atoms with van der Waals surface area (Å²) in [5.41, 5.74) is 0.136. The van der Waals surface area contributed by atoms with E-state index in [1.54, 1.807) is 0 Å². The molecule has 110 valence electrons. The zero-order valence-corrected chi connectivity index (χ0v) is 11.7. The molecule has 1 aliphatic heterocycles. The van der Waals surface area contributed by atoms with E-state index in [4.69, 9.17) is 9.47 Å². The van der Waals surface area contributed by atoms with E-state index >= 15 is 0 Å². The summed E-state index contributed by atoms with van der Waals surface area (Å²) in [6.07, 6.45) is 0.832. The van der Waals surface area contributed by atoms with Crippen molar-refractivity contribution in [1.29, 1.82) is 0 Å². The Bertz CT molecular complexity index is 455. The van der Waals surface area contributed by atoms with Crippen molar-refractivity contribution in [1.82, 2.24) is 5.32 Å². The minimum Gasteiger partial charge on any atom is -0.493 e. The summed E-state index contributed by atoms with van der Waals surface area (Å²) >= 11 is 0. The second-order valence-corrected chi connectivity index (χ2v) is 5.17. The molecule has 0 spiro atoms. The molecular formula is C15H21NO4. The maximum Gasteiger partial charge on any atom is 0.223 e. The Hall–Kier alpha value is -1.59. The average molecular weight is 279 g/mol. The molecule has 0 saturated carbocycles. The largest absolute Gasteiger partial charge is 0.493 e. The number of ether oxygens (including phenoxy) is 2. The van der Waals surface area contributed by atoms with Gasteiger partial charge in [-0.3, -0.25) is 4.79 Å². The van der Waals surface area contributed by atoms with Gasteiger partial charge in [-0.1, -0.05) is 18.2 Å². The highest BCUT2D eigenvalue weighted by atomic mass is 16.5. The summed E-state index contributed by atoms with van der Waals surface area (Å²) in [4.78, 5) is 11.7. The topological polar surface area (TPSA) is 67.8 Å². The monoisotopic (exact) mass is 279 g/mol. The average Bonchev–Trinajstić information content (AvgIpc) is 2.86. The van der Waals surface area contributed by atoms with Gasteiger partial charge in [0.2, 0.25) is 5.91 Å². The normalized spacial score (nSPS) is 21.7. The van der Waals surface area contributed by atoms with Gasteiger partial charge >= 0.3 is 0 Å². The van der Waals surface area contributed by atoms with Crippen LogP contribution in [0.15, 0.2) is 24.3 Å². The van der Waals surface area contributed by atoms with Crippen LogP contribution in [0.3, 0.4) is 0 Å². The predicted octanol–water partition coefficient (Wildman–Crippen LogP) is 1.03. The lowest BCUT2D eigenvalue weighted by atomic mass is 10.0. The molecule has 0 aliphatic carbocycles. The lowest BCUT2D eigenvalue weighted by Crippen LogP contribution is -2.43. The number of hydrogen-bond donors (Lipinski definition) is 2. The summed E-state index contributed by atoms with van der Waals surface area (Å²) in [6, 6.07) is 7.69. The zero-order chi connectivity index (χ0) is 14.4. The fraction of sp³-hybridized carbons (Fsp3) is 0.533. The van der Waals surface area contributed by atoms with Crippen molar-refractivity contribution in [2.24, 2.45) is 0 Å². The van der Waals surface area contributed by atoms with Crippen LogP contribution in [0.4, 0.5) is 0 Å². The predicted molar refractivity (Wildman–Crippen MR) is 74.7 cm³/mol. The Morgan fingerprint density at radius 2 is 2.30 bits per heavy atom. The van der Waals surface area contributed by atoms with Crippen molar-refractivity contribution >= 4 is 5.91 Å². The van der Waals surface area contributed by atoms with Gasteiger partial charge in [0, 0.05) is 19.6 Å². The molecule has 1 fully saturated rings. The van der Waals surface area contributed by atoms with Crippen molar-refractivity contribution in [3.05, 3.63) is 29.8 Å². The number of carbonyl (C=O) groups excluding carboxylic acids is 1. The highest BCUT2D eigenvalue weighted by molar-refractivity contribution is 5.76. The highest BCUT2D eigenvalue weighted by Crippen LogP contribution is 2.17. The molecule has 1 aliphatic rings. The maximum absolute atomic E-state index is 11.7. The van der Waals surface area contributed by atoms with Gasteiger partial charge in [-0.25, -0.2) is 0 Å². The van der Waals surface area contributed by atoms with Crippen LogP contribution in [0.1, 0.15) is 18.4 Å². The van der Waals surface area contributed by atoms with E-state index in [1.807, 2.05) is 31.2 Å². The SMILES string of the molecule is Cc1ccccc1OCCC(=O)NCC1(O)CCOC1. The fourth-order valence-electron chi connectivity index (χ4n) is 2.06. The Balaban J connectivity index is 1.67. The van der Waals surface area contributed by atoms with E-state index in [0.717, 1.165) is 11.3 Å². The second-order valence-electron chi connectivity index (χ2n) is 5.17. The number of nitrogens with one attached hydrogen (secondary N) is 1. The van der Waals surface area contributed by atoms with Crippen molar-refractivity contribution in [2.45, 2.75) is 25.4 Å². The fourth-order valence-corrected chi connectivity index (χ4v) is 2.06. The van der Waals surface area contributed by atoms with Crippen LogP contribution in [0.5, 0.6) is 5.75 Å². The minimum absolute atomic E-state index is 0.126. The van der Waals surface area contributed by atoms with Crippen LogP contribution >= 0.6 is 0 Å². The molecule has 1 saturated heterocycles. The third-order valence-corrected chi connectivity index (χ3v) is 3.38. The molecule has 1 unspecified atom stereocenters. The molecule has 5 heteroatoms. The molecule has 0 bridgehead atoms. The molecule has 1 aromatic carbocycles. The first-order chi connectivity index (χ1) is 9.59. The number of rotatable bonds is 6. The number of hydrogen-bond acceptors (Lipinski definition) is 4. The molecule has 5 nitrogen and oxygen atoms in total. The Morgan fingerprint density at radius 3 is 3.00 bits per heavy atom. The zero-order valence-electron chi connectivity index (χ0n) is 11.7. The van der Waals surface area contributed by atoms with Crippen LogP contribution in [0, 0.1) is 6.92 Å². The first-order valence-corrected chi connectivity index (χ1v) is 6.84. The molecule has 1 aromatic rings. The molecule has 1 atom stereocenters. The first-order valence-electron chi connectivity index (χ1n) is 6.84. The van der Waals surface area contributed by atoms with Crippen LogP contribution in [0.25, 0.3) is 0 Å². The molecular weight excluding hydrogens is 258 g/mol. The highest BCUT2D eigenvalue weighted by Gasteiger charge is 2.32. The molecule has 20 heavy (non-hydrogen) atoms. The number of para-hydroxylation sites is 1. The van der Waals surface area contributed by atoms with E-state index in [1.165, 1.54) is 0 Å². The molecule has 0 radical (unpaired) electrons. The quantitative estimate of drug-likeness (QED) is 0.816. The Kier molecular flexibility index (Phi) is 4.98. The van der Waals surface area contributed by atoms with Gasteiger partial charge in [-0.2, -0.15) is 0 Å². The van der Waals surface area contributed by atoms with Crippen molar-refractivity contribution in [3.8, 4) is 5.75 Å². The first kappa shape index (κ1) is 14.8. The van der Waals surface area contributed by atoms with Gasteiger partial charge in [0.05, 0.1) is 19.6 Å². The third-order valence-electron chi connectivity index (χ3n) is 3.38. The third kappa shape index (κ3) is 4.21. The standard InChI is InChI=1S/C15H21NO4/c1-12-4-2-3-5-13(12)20-8-6-14(17)16-10-15(18)7-9-19-11-15/h2-5,18H,6-11H2,1H3,(H,16,17). The van der Waals surface area contributed by atoms with Gasteiger partial charge < -0.3 is 19.9 Å². The van der Waals surface area contributed by atoms with Gasteiger partial charge in [-0.15, -0.1) is 0 Å². The maximum atomic E-state index is 11.7. The summed E-state index contributed by atoms with van der Waals surface area (Å²) in [5.74, 6) is 0.669. The van der Waals surface area contributed by atoms with Crippen LogP contribution in [0.2, 0.25) is 0 Å². The second kappa shape index (κ2) is 6.72. The van der Waals surface area contributed by atoms with Crippen molar-refractivity contribution < 1.29 is 19.4 Å². The van der Waals surface area contributed by atoms with E-state index in [2.05, 4.69) is 5.32 Å². The smallest absolute Gasteiger partial charge is 0.223 e. The molecule has 2 N–H and O–H groups in total. The summed E-state index contributed by atoms with van der Waals surface area (Å²) in [5, 5.41) is 12.7. The number of carbonyl (C=O) groups is 1. The lowest BCUT2D eigenvalue weighted by molar-refractivity contribution is -0.122. The van der Waals surface area contributed by atoms with Gasteiger partial charge in [0.1, 0.15) is 11.4 Å². The van der Waals surface area contributed by atoms with E-state index < -0.39 is 5.60 Å². The minimum atomic E-state index is -0.910. The molecule has 0 aromatic heterocycles. The van der Waals surface area contributed by atoms with E-state index in [-0.39, 0.29) is 25.5 Å². The van der Waals surface area contributed by atoms with Crippen LogP contribution in [-0.4, -0.2) is 43.0 Å². The number of aliphatic hydroxyl groups is 1. The molecule has 1 amide bonds. The van der Waals surface area contributed by atoms with Gasteiger partial charge in [0.15, 0.2) is 0 Å². The molecule has 2 rings (SSSR count). The number of amides is 1. The number of benzene rings is 1. The summed E-state index contributed by atoms with van der Waals surface area (Å²) < 4.78 is 10.7. The van der Waals surface area contributed by atoms with E-state index in [0.29, 0.717) is 19.6 Å². The lowest BCUT2D eigenvalue weighted by Gasteiger charge is -2.20. The van der Waals surface area contributed by atoms with Crippen LogP contribution in [-0.2, 0) is 9.53 Å². The number of aryl methyl sites for hydroxylation is 1. The summed E-state index contributed by atoms with van der Waals surface area (Å²) in [6.45, 7) is 3.35. The van der Waals surface area contributed by atoms with Crippen molar-refractivity contribution in [3.63, 3.8) is 0 Å². The van der Waals surface area contributed by atoms with Crippen LogP contribution < -0.4 is 10.1 Å². The molecule has 1 heterocycles. The summed E-state index contributed by atoms with van der Waals surface area (Å²) in [7, 11) is 0. The Labute approximate surface area is 118 Å². The van der Waals surface area contributed by atoms with Crippen molar-refractivity contribution in [2.75, 3.05) is 26.4 Å². The van der Waals surface area contributed by atoms with Gasteiger partial charge in [-0.05, 0) is 18.6 Å². The Morgan fingerprint density at radius 1 is 1.50 bits per heavy atom. The van der Waals surface area contributed by atoms with Gasteiger partial charge in [0.25, 0.3) is 0 Å². The van der Waals surface area contributed by atoms with E-state index in [9.17, 15) is 9.90 Å².